The molecule has 0 amide bonds. The van der Waals surface area contributed by atoms with Crippen LogP contribution in [0.2, 0.25) is 0 Å². The number of nitrogens with zero attached hydrogens (tertiary/aromatic N) is 4. The number of anilines is 2. The van der Waals surface area contributed by atoms with Gasteiger partial charge in [0.05, 0.1) is 29.8 Å². The number of Topliss-reactive ketones (excluding diaryl/α,β-unsaturated/α-hetero) is 1. The van der Waals surface area contributed by atoms with E-state index in [1.54, 1.807) is 24.8 Å². The van der Waals surface area contributed by atoms with Crippen molar-refractivity contribution in [3.05, 3.63) is 71.7 Å². The van der Waals surface area contributed by atoms with Gasteiger partial charge in [-0.25, -0.2) is 9.97 Å². The highest BCUT2D eigenvalue weighted by Gasteiger charge is 2.10. The number of nitrogens with one attached hydrogen (secondary N) is 1. The Morgan fingerprint density at radius 1 is 1.03 bits per heavy atom. The zero-order valence-electron chi connectivity index (χ0n) is 16.6. The van der Waals surface area contributed by atoms with E-state index in [9.17, 15) is 4.79 Å². The minimum absolute atomic E-state index is 0.0563. The Kier molecular flexibility index (Phi) is 7.22. The molecule has 7 heteroatoms. The van der Waals surface area contributed by atoms with Gasteiger partial charge in [-0.3, -0.25) is 14.8 Å². The molecule has 0 spiro atoms. The molecule has 0 unspecified atom stereocenters. The van der Waals surface area contributed by atoms with Crippen molar-refractivity contribution in [3.8, 4) is 0 Å². The van der Waals surface area contributed by atoms with Crippen LogP contribution >= 0.6 is 0 Å². The zero-order chi connectivity index (χ0) is 20.5. The summed E-state index contributed by atoms with van der Waals surface area (Å²) in [5.41, 5.74) is 9.62. The van der Waals surface area contributed by atoms with Gasteiger partial charge in [0.25, 0.3) is 0 Å². The number of carbonyl (C=O) groups excluding carboxylic acids is 1. The Hall–Kier alpha value is -3.35. The number of hydrogen-bond acceptors (Lipinski definition) is 7. The summed E-state index contributed by atoms with van der Waals surface area (Å²) < 4.78 is 0. The van der Waals surface area contributed by atoms with Gasteiger partial charge in [0.1, 0.15) is 11.5 Å². The topological polar surface area (TPSA) is 107 Å². The van der Waals surface area contributed by atoms with E-state index in [1.807, 2.05) is 24.3 Å². The number of pyridine rings is 2. The van der Waals surface area contributed by atoms with E-state index < -0.39 is 0 Å². The molecular weight excluding hydrogens is 364 g/mol. The maximum atomic E-state index is 12.6. The molecule has 0 saturated carbocycles. The number of aromatic nitrogens is 4. The van der Waals surface area contributed by atoms with Gasteiger partial charge < -0.3 is 11.1 Å². The molecule has 0 aliphatic heterocycles. The lowest BCUT2D eigenvalue weighted by atomic mass is 10.1. The lowest BCUT2D eigenvalue weighted by Gasteiger charge is -2.09. The molecule has 3 heterocycles. The van der Waals surface area contributed by atoms with Crippen LogP contribution in [0.3, 0.4) is 0 Å². The first kappa shape index (κ1) is 20.4. The Morgan fingerprint density at radius 3 is 2.69 bits per heavy atom. The van der Waals surface area contributed by atoms with E-state index in [4.69, 9.17) is 5.73 Å². The van der Waals surface area contributed by atoms with E-state index in [-0.39, 0.29) is 12.2 Å². The van der Waals surface area contributed by atoms with Crippen molar-refractivity contribution in [3.63, 3.8) is 0 Å². The van der Waals surface area contributed by atoms with Gasteiger partial charge in [-0.05, 0) is 42.7 Å². The first-order valence-electron chi connectivity index (χ1n) is 9.88. The van der Waals surface area contributed by atoms with Crippen LogP contribution in [-0.4, -0.2) is 25.7 Å². The first-order chi connectivity index (χ1) is 14.2. The number of ketones is 1. The van der Waals surface area contributed by atoms with Crippen molar-refractivity contribution in [1.29, 1.82) is 0 Å². The number of carbonyl (C=O) groups is 1. The molecule has 0 aliphatic carbocycles. The molecule has 3 N–H and O–H groups in total. The molecule has 0 aliphatic rings. The molecule has 3 rings (SSSR count). The largest absolute Gasteiger partial charge is 0.382 e. The summed E-state index contributed by atoms with van der Waals surface area (Å²) in [7, 11) is 0. The molecule has 0 aromatic carbocycles. The minimum Gasteiger partial charge on any atom is -0.382 e. The van der Waals surface area contributed by atoms with Crippen molar-refractivity contribution in [2.45, 2.75) is 45.6 Å². The van der Waals surface area contributed by atoms with Crippen LogP contribution in [-0.2, 0) is 19.4 Å². The first-order valence-corrected chi connectivity index (χ1v) is 9.88. The minimum atomic E-state index is -0.0563. The van der Waals surface area contributed by atoms with Gasteiger partial charge in [-0.2, -0.15) is 0 Å². The number of rotatable bonds is 10. The van der Waals surface area contributed by atoms with Crippen LogP contribution in [0.1, 0.15) is 53.6 Å². The molecule has 150 valence electrons. The van der Waals surface area contributed by atoms with Crippen LogP contribution in [0.25, 0.3) is 0 Å². The number of aryl methyl sites for hydroxylation is 1. The van der Waals surface area contributed by atoms with E-state index in [0.717, 1.165) is 35.5 Å². The Bertz CT molecular complexity index is 942. The average molecular weight is 390 g/mol. The Morgan fingerprint density at radius 2 is 1.93 bits per heavy atom. The second-order valence-corrected chi connectivity index (χ2v) is 6.90. The van der Waals surface area contributed by atoms with Gasteiger partial charge in [-0.1, -0.05) is 19.8 Å². The van der Waals surface area contributed by atoms with Crippen LogP contribution in [0.5, 0.6) is 0 Å². The zero-order valence-corrected chi connectivity index (χ0v) is 16.6. The van der Waals surface area contributed by atoms with E-state index in [2.05, 4.69) is 32.2 Å². The van der Waals surface area contributed by atoms with Crippen molar-refractivity contribution >= 4 is 17.3 Å². The smallest absolute Gasteiger partial charge is 0.187 e. The predicted molar refractivity (Wildman–Crippen MR) is 114 cm³/mol. The molecule has 0 radical (unpaired) electrons. The van der Waals surface area contributed by atoms with E-state index >= 15 is 0 Å². The molecule has 0 saturated heterocycles. The highest BCUT2D eigenvalue weighted by Crippen LogP contribution is 2.15. The van der Waals surface area contributed by atoms with Crippen molar-refractivity contribution < 1.29 is 4.79 Å². The van der Waals surface area contributed by atoms with E-state index in [1.165, 1.54) is 12.8 Å². The Labute approximate surface area is 170 Å². The summed E-state index contributed by atoms with van der Waals surface area (Å²) in [6.45, 7) is 2.66. The average Bonchev–Trinajstić information content (AvgIpc) is 2.74. The second-order valence-electron chi connectivity index (χ2n) is 6.90. The van der Waals surface area contributed by atoms with Crippen LogP contribution < -0.4 is 11.1 Å². The third-order valence-corrected chi connectivity index (χ3v) is 4.57. The van der Waals surface area contributed by atoms with Crippen LogP contribution in [0.4, 0.5) is 11.5 Å². The monoisotopic (exact) mass is 390 g/mol. The Balaban J connectivity index is 1.58. The number of nitrogens with two attached hydrogens (primary N) is 1. The SMILES string of the molecule is CCCCCc1cnc(C(=O)Cc2ccnc(CNc3cccnc3N)c2)cn1. The second kappa shape index (κ2) is 10.3. The fourth-order valence-corrected chi connectivity index (χ4v) is 2.95. The molecular formula is C22H26N6O. The number of hydrogen-bond donors (Lipinski definition) is 2. The van der Waals surface area contributed by atoms with Gasteiger partial charge in [0.2, 0.25) is 0 Å². The molecule has 29 heavy (non-hydrogen) atoms. The normalized spacial score (nSPS) is 10.7. The molecule has 0 atom stereocenters. The van der Waals surface area contributed by atoms with E-state index in [0.29, 0.717) is 18.1 Å². The molecule has 7 nitrogen and oxygen atoms in total. The summed E-state index contributed by atoms with van der Waals surface area (Å²) >= 11 is 0. The summed E-state index contributed by atoms with van der Waals surface area (Å²) in [6, 6.07) is 7.42. The van der Waals surface area contributed by atoms with Crippen LogP contribution in [0, 0.1) is 0 Å². The molecule has 0 fully saturated rings. The van der Waals surface area contributed by atoms with Crippen molar-refractivity contribution in [1.82, 2.24) is 19.9 Å². The summed E-state index contributed by atoms with van der Waals surface area (Å²) in [6.07, 6.45) is 11.2. The highest BCUT2D eigenvalue weighted by atomic mass is 16.1. The summed E-state index contributed by atoms with van der Waals surface area (Å²) in [5, 5.41) is 3.21. The summed E-state index contributed by atoms with van der Waals surface area (Å²) in [5.74, 6) is 0.384. The quantitative estimate of drug-likeness (QED) is 0.402. The van der Waals surface area contributed by atoms with Gasteiger partial charge in [0, 0.05) is 25.0 Å². The maximum absolute atomic E-state index is 12.6. The van der Waals surface area contributed by atoms with Gasteiger partial charge >= 0.3 is 0 Å². The fraction of sp³-hybridized carbons (Fsp3) is 0.318. The number of unbranched alkanes of at least 4 members (excludes halogenated alkanes) is 2. The maximum Gasteiger partial charge on any atom is 0.187 e. The fourth-order valence-electron chi connectivity index (χ4n) is 2.95. The van der Waals surface area contributed by atoms with Gasteiger partial charge in [-0.15, -0.1) is 0 Å². The van der Waals surface area contributed by atoms with Crippen molar-refractivity contribution in [2.75, 3.05) is 11.1 Å². The highest BCUT2D eigenvalue weighted by molar-refractivity contribution is 5.95. The number of nitrogen functional groups attached to an aromatic ring is 1. The lowest BCUT2D eigenvalue weighted by molar-refractivity contribution is 0.0987. The third kappa shape index (κ3) is 6.07. The molecule has 0 bridgehead atoms. The standard InChI is InChI=1S/C22H26N6O/c1-2-3-4-6-17-13-28-20(15-26-17)21(29)12-16-8-10-24-18(11-16)14-27-19-7-5-9-25-22(19)23/h5,7-11,13,15,27H,2-4,6,12,14H2,1H3,(H2,23,25). The molecule has 3 aromatic rings. The molecule has 3 aromatic heterocycles. The van der Waals surface area contributed by atoms with Crippen LogP contribution in [0.15, 0.2) is 49.1 Å². The van der Waals surface area contributed by atoms with Gasteiger partial charge in [0.15, 0.2) is 5.78 Å². The third-order valence-electron chi connectivity index (χ3n) is 4.57. The van der Waals surface area contributed by atoms with Crippen molar-refractivity contribution in [2.24, 2.45) is 0 Å². The summed E-state index contributed by atoms with van der Waals surface area (Å²) in [4.78, 5) is 29.6. The lowest BCUT2D eigenvalue weighted by Crippen LogP contribution is -2.09. The predicted octanol–water partition coefficient (Wildman–Crippen LogP) is 3.62.